The van der Waals surface area contributed by atoms with E-state index < -0.39 is 5.82 Å². The van der Waals surface area contributed by atoms with E-state index in [4.69, 9.17) is 4.74 Å². The van der Waals surface area contributed by atoms with E-state index in [0.717, 1.165) is 24.7 Å². The molecule has 29 heavy (non-hydrogen) atoms. The molecule has 0 radical (unpaired) electrons. The smallest absolute Gasteiger partial charge is 0.137 e. The minimum absolute atomic E-state index is 0.109. The third kappa shape index (κ3) is 4.20. The first-order valence-corrected chi connectivity index (χ1v) is 11.3. The van der Waals surface area contributed by atoms with Gasteiger partial charge >= 0.3 is 0 Å². The Labute approximate surface area is 173 Å². The van der Waals surface area contributed by atoms with E-state index in [1.807, 2.05) is 31.2 Å². The summed E-state index contributed by atoms with van der Waals surface area (Å²) in [4.78, 5) is 0. The topological polar surface area (TPSA) is 9.23 Å². The molecule has 0 saturated heterocycles. The van der Waals surface area contributed by atoms with Crippen LogP contribution in [0.5, 0.6) is 5.75 Å². The first kappa shape index (κ1) is 20.4. The number of hydrogen-bond acceptors (Lipinski definition) is 1. The summed E-state index contributed by atoms with van der Waals surface area (Å²) in [5, 5.41) is 0.677. The SMILES string of the molecule is CC=CCOc1cc(F)c2c(F)c(C3CCC4CC(CC)CCC4C3)ccc2c1. The van der Waals surface area contributed by atoms with Gasteiger partial charge in [0.2, 0.25) is 0 Å². The standard InChI is InChI=1S/C26H32F2O/c1-3-5-12-29-22-15-21-10-11-23(26(28)25(21)24(27)16-22)20-9-8-18-13-17(4-2)6-7-19(18)14-20/h3,5,10-11,15-20H,4,6-9,12-14H2,1-2H3. The molecule has 156 valence electrons. The van der Waals surface area contributed by atoms with Crippen molar-refractivity contribution in [2.24, 2.45) is 17.8 Å². The molecule has 2 fully saturated rings. The molecular formula is C26H32F2O. The van der Waals surface area contributed by atoms with Gasteiger partial charge in [-0.25, -0.2) is 8.78 Å². The van der Waals surface area contributed by atoms with E-state index >= 15 is 4.39 Å². The summed E-state index contributed by atoms with van der Waals surface area (Å²) >= 11 is 0. The van der Waals surface area contributed by atoms with Gasteiger partial charge in [0.25, 0.3) is 0 Å². The van der Waals surface area contributed by atoms with Crippen LogP contribution in [0.4, 0.5) is 8.78 Å². The fourth-order valence-electron chi connectivity index (χ4n) is 5.64. The lowest BCUT2D eigenvalue weighted by Crippen LogP contribution is -2.30. The summed E-state index contributed by atoms with van der Waals surface area (Å²) in [6.07, 6.45) is 12.2. The van der Waals surface area contributed by atoms with E-state index in [0.29, 0.717) is 29.2 Å². The lowest BCUT2D eigenvalue weighted by atomic mass is 9.63. The highest BCUT2D eigenvalue weighted by Crippen LogP contribution is 2.49. The van der Waals surface area contributed by atoms with Crippen molar-refractivity contribution in [1.82, 2.24) is 0 Å². The van der Waals surface area contributed by atoms with Gasteiger partial charge in [-0.05, 0) is 79.7 Å². The van der Waals surface area contributed by atoms with Gasteiger partial charge in [-0.3, -0.25) is 0 Å². The Kier molecular flexibility index (Phi) is 6.22. The first-order valence-electron chi connectivity index (χ1n) is 11.3. The van der Waals surface area contributed by atoms with Crippen LogP contribution in [-0.4, -0.2) is 6.61 Å². The van der Waals surface area contributed by atoms with E-state index in [2.05, 4.69) is 6.92 Å². The van der Waals surface area contributed by atoms with Gasteiger partial charge in [0.15, 0.2) is 0 Å². The Balaban J connectivity index is 1.56. The molecule has 0 bridgehead atoms. The summed E-state index contributed by atoms with van der Waals surface area (Å²) < 4.78 is 35.7. The van der Waals surface area contributed by atoms with Crippen molar-refractivity contribution in [3.63, 3.8) is 0 Å². The van der Waals surface area contributed by atoms with Gasteiger partial charge in [-0.1, -0.05) is 44.1 Å². The van der Waals surface area contributed by atoms with Crippen molar-refractivity contribution in [3.8, 4) is 5.75 Å². The van der Waals surface area contributed by atoms with Gasteiger partial charge in [-0.2, -0.15) is 0 Å². The van der Waals surface area contributed by atoms with Crippen molar-refractivity contribution in [3.05, 3.63) is 53.6 Å². The van der Waals surface area contributed by atoms with Gasteiger partial charge < -0.3 is 4.74 Å². The van der Waals surface area contributed by atoms with Gasteiger partial charge in [-0.15, -0.1) is 0 Å². The van der Waals surface area contributed by atoms with Crippen molar-refractivity contribution in [1.29, 1.82) is 0 Å². The van der Waals surface area contributed by atoms with Crippen LogP contribution in [0.2, 0.25) is 0 Å². The molecular weight excluding hydrogens is 366 g/mol. The Morgan fingerprint density at radius 2 is 1.83 bits per heavy atom. The number of hydrogen-bond donors (Lipinski definition) is 0. The maximum atomic E-state index is 15.4. The highest BCUT2D eigenvalue weighted by Gasteiger charge is 2.36. The second kappa shape index (κ2) is 8.85. The number of rotatable bonds is 5. The zero-order valence-electron chi connectivity index (χ0n) is 17.6. The van der Waals surface area contributed by atoms with Crippen LogP contribution in [0.3, 0.4) is 0 Å². The largest absolute Gasteiger partial charge is 0.489 e. The molecule has 0 heterocycles. The van der Waals surface area contributed by atoms with Crippen molar-refractivity contribution < 1.29 is 13.5 Å². The third-order valence-corrected chi connectivity index (χ3v) is 7.33. The number of allylic oxidation sites excluding steroid dienone is 1. The van der Waals surface area contributed by atoms with Gasteiger partial charge in [0.1, 0.15) is 24.0 Å². The summed E-state index contributed by atoms with van der Waals surface area (Å²) in [5.41, 5.74) is 0.704. The number of halogens is 2. The van der Waals surface area contributed by atoms with Crippen molar-refractivity contribution in [2.45, 2.75) is 64.7 Å². The summed E-state index contributed by atoms with van der Waals surface area (Å²) in [6, 6.07) is 6.79. The molecule has 4 unspecified atom stereocenters. The molecule has 1 nitrogen and oxygen atoms in total. The van der Waals surface area contributed by atoms with Crippen molar-refractivity contribution >= 4 is 10.8 Å². The Morgan fingerprint density at radius 1 is 1.03 bits per heavy atom. The van der Waals surface area contributed by atoms with Crippen molar-refractivity contribution in [2.75, 3.05) is 6.61 Å². The van der Waals surface area contributed by atoms with Gasteiger partial charge in [0, 0.05) is 6.07 Å². The Hall–Kier alpha value is -1.90. The summed E-state index contributed by atoms with van der Waals surface area (Å²) in [5.74, 6) is 2.14. The number of benzene rings is 2. The lowest BCUT2D eigenvalue weighted by molar-refractivity contribution is 0.116. The van der Waals surface area contributed by atoms with E-state index in [9.17, 15) is 4.39 Å². The lowest BCUT2D eigenvalue weighted by Gasteiger charge is -2.42. The summed E-state index contributed by atoms with van der Waals surface area (Å²) in [7, 11) is 0. The fraction of sp³-hybridized carbons (Fsp3) is 0.538. The average Bonchev–Trinajstić information content (AvgIpc) is 2.73. The van der Waals surface area contributed by atoms with Crippen LogP contribution in [-0.2, 0) is 0 Å². The Bertz CT molecular complexity index is 888. The molecule has 2 aromatic carbocycles. The van der Waals surface area contributed by atoms with Crippen LogP contribution in [0.1, 0.15) is 70.3 Å². The maximum Gasteiger partial charge on any atom is 0.137 e. The molecule has 2 aliphatic carbocycles. The quantitative estimate of drug-likeness (QED) is 0.467. The predicted octanol–water partition coefficient (Wildman–Crippen LogP) is 7.78. The minimum atomic E-state index is -0.533. The molecule has 0 spiro atoms. The van der Waals surface area contributed by atoms with E-state index in [1.54, 1.807) is 6.07 Å². The molecule has 2 aromatic rings. The second-order valence-electron chi connectivity index (χ2n) is 8.97. The molecule has 3 heteroatoms. The zero-order valence-corrected chi connectivity index (χ0v) is 17.6. The van der Waals surface area contributed by atoms with Crippen LogP contribution in [0.25, 0.3) is 10.8 Å². The van der Waals surface area contributed by atoms with Crippen LogP contribution in [0.15, 0.2) is 36.4 Å². The van der Waals surface area contributed by atoms with Crippen LogP contribution < -0.4 is 4.74 Å². The van der Waals surface area contributed by atoms with Crippen LogP contribution in [0, 0.1) is 29.4 Å². The minimum Gasteiger partial charge on any atom is -0.489 e. The number of ether oxygens (including phenoxy) is 1. The molecule has 0 aliphatic heterocycles. The monoisotopic (exact) mass is 398 g/mol. The molecule has 0 N–H and O–H groups in total. The molecule has 2 aliphatic rings. The highest BCUT2D eigenvalue weighted by atomic mass is 19.1. The molecule has 0 amide bonds. The third-order valence-electron chi connectivity index (χ3n) is 7.33. The summed E-state index contributed by atoms with van der Waals surface area (Å²) in [6.45, 7) is 4.59. The number of fused-ring (bicyclic) bond motifs is 2. The predicted molar refractivity (Wildman–Crippen MR) is 115 cm³/mol. The fourth-order valence-corrected chi connectivity index (χ4v) is 5.64. The molecule has 2 saturated carbocycles. The molecule has 4 rings (SSSR count). The average molecular weight is 399 g/mol. The molecule has 4 atom stereocenters. The van der Waals surface area contributed by atoms with Crippen LogP contribution >= 0.6 is 0 Å². The first-order chi connectivity index (χ1) is 14.1. The maximum absolute atomic E-state index is 15.4. The normalized spacial score (nSPS) is 27.3. The van der Waals surface area contributed by atoms with E-state index in [-0.39, 0.29) is 17.1 Å². The molecule has 0 aromatic heterocycles. The second-order valence-corrected chi connectivity index (χ2v) is 8.97. The Morgan fingerprint density at radius 3 is 2.62 bits per heavy atom. The van der Waals surface area contributed by atoms with Gasteiger partial charge in [0.05, 0.1) is 5.39 Å². The zero-order chi connectivity index (χ0) is 20.4. The van der Waals surface area contributed by atoms with E-state index in [1.165, 1.54) is 38.2 Å². The highest BCUT2D eigenvalue weighted by molar-refractivity contribution is 5.86.